The van der Waals surface area contributed by atoms with Crippen molar-refractivity contribution in [1.82, 2.24) is 20.6 Å². The molecule has 2 aromatic rings. The summed E-state index contributed by atoms with van der Waals surface area (Å²) in [6.45, 7) is 7.94. The normalized spacial score (nSPS) is 16.3. The van der Waals surface area contributed by atoms with Crippen molar-refractivity contribution in [2.24, 2.45) is 11.8 Å². The predicted octanol–water partition coefficient (Wildman–Crippen LogP) is 3.05. The molecule has 1 atom stereocenters. The average Bonchev–Trinajstić information content (AvgIpc) is 3.29. The Morgan fingerprint density at radius 1 is 1.31 bits per heavy atom. The highest BCUT2D eigenvalue weighted by molar-refractivity contribution is 5.93. The molecule has 1 saturated carbocycles. The molecule has 12 nitrogen and oxygen atoms in total. The number of nitrogens with zero attached hydrogens (tertiary/aromatic N) is 6. The number of ether oxygens (including phenoxy) is 1. The first-order valence-electron chi connectivity index (χ1n) is 12.7. The number of aryl methyl sites for hydroxylation is 1. The molecule has 2 aromatic heterocycles. The van der Waals surface area contributed by atoms with E-state index in [9.17, 15) is 14.9 Å². The number of nitrogens with one attached hydrogen (secondary N) is 1. The smallest absolute Gasteiger partial charge is 0.279 e. The highest BCUT2D eigenvalue weighted by Crippen LogP contribution is 2.33. The van der Waals surface area contributed by atoms with Gasteiger partial charge in [0.05, 0.1) is 12.3 Å². The van der Waals surface area contributed by atoms with Crippen LogP contribution in [0.3, 0.4) is 0 Å². The van der Waals surface area contributed by atoms with Crippen LogP contribution in [-0.2, 0) is 0 Å². The number of hydrogen-bond acceptors (Lipinski definition) is 10. The Kier molecular flexibility index (Phi) is 8.21. The number of anilines is 2. The van der Waals surface area contributed by atoms with Crippen LogP contribution in [0.25, 0.3) is 0 Å². The van der Waals surface area contributed by atoms with Gasteiger partial charge in [0.1, 0.15) is 11.4 Å². The largest absolute Gasteiger partial charge is 0.476 e. The topological polar surface area (TPSA) is 140 Å². The lowest BCUT2D eigenvalue weighted by atomic mass is 10.0. The molecule has 12 heteroatoms. The molecule has 1 amide bonds. The highest BCUT2D eigenvalue weighted by atomic mass is 16.6. The number of aromatic nitrogens is 3. The number of amides is 1. The Labute approximate surface area is 210 Å². The van der Waals surface area contributed by atoms with Gasteiger partial charge in [-0.1, -0.05) is 19.0 Å². The van der Waals surface area contributed by atoms with Crippen LogP contribution in [0.2, 0.25) is 0 Å². The van der Waals surface area contributed by atoms with E-state index in [0.29, 0.717) is 36.3 Å². The molecule has 0 unspecified atom stereocenters. The Balaban J connectivity index is 1.51. The maximum Gasteiger partial charge on any atom is 0.279 e. The zero-order valence-corrected chi connectivity index (χ0v) is 21.2. The zero-order valence-electron chi connectivity index (χ0n) is 21.2. The van der Waals surface area contributed by atoms with Crippen molar-refractivity contribution in [3.8, 4) is 5.88 Å². The molecule has 1 N–H and O–H groups in total. The lowest BCUT2D eigenvalue weighted by Gasteiger charge is -2.26. The van der Waals surface area contributed by atoms with E-state index < -0.39 is 11.6 Å². The molecule has 2 fully saturated rings. The maximum absolute atomic E-state index is 13.3. The van der Waals surface area contributed by atoms with Crippen LogP contribution in [0, 0.1) is 28.9 Å². The molecular weight excluding hydrogens is 466 g/mol. The van der Waals surface area contributed by atoms with Crippen LogP contribution in [0.1, 0.15) is 62.1 Å². The number of carbonyl (C=O) groups is 1. The van der Waals surface area contributed by atoms with Gasteiger partial charge in [-0.3, -0.25) is 19.8 Å². The minimum atomic E-state index is -0.485. The number of rotatable bonds is 13. The fraction of sp³-hybridized carbons (Fsp3) is 0.667. The van der Waals surface area contributed by atoms with Crippen LogP contribution < -0.4 is 19.9 Å². The SMILES string of the molecule is Cc1nonc1N(C[C@H](CC(C)C)NC(=O)c1ccc(N2CCCC2)c(OCC2CC2)n1)C[N+](=O)[O-]. The summed E-state index contributed by atoms with van der Waals surface area (Å²) in [5.74, 6) is 1.25. The van der Waals surface area contributed by atoms with E-state index in [-0.39, 0.29) is 30.1 Å². The quantitative estimate of drug-likeness (QED) is 0.247. The number of hydrogen-bond donors (Lipinski definition) is 1. The Hall–Kier alpha value is -3.44. The van der Waals surface area contributed by atoms with Crippen molar-refractivity contribution in [2.45, 2.75) is 58.9 Å². The van der Waals surface area contributed by atoms with E-state index in [1.807, 2.05) is 19.9 Å². The third-order valence-corrected chi connectivity index (χ3v) is 6.42. The van der Waals surface area contributed by atoms with Gasteiger partial charge in [-0.05, 0) is 68.2 Å². The van der Waals surface area contributed by atoms with Crippen LogP contribution >= 0.6 is 0 Å². The summed E-state index contributed by atoms with van der Waals surface area (Å²) in [5.41, 5.74) is 1.63. The van der Waals surface area contributed by atoms with Crippen molar-refractivity contribution in [3.05, 3.63) is 33.6 Å². The third-order valence-electron chi connectivity index (χ3n) is 6.42. The van der Waals surface area contributed by atoms with Gasteiger partial charge < -0.3 is 15.0 Å². The van der Waals surface area contributed by atoms with Gasteiger partial charge in [0.25, 0.3) is 12.6 Å². The highest BCUT2D eigenvalue weighted by Gasteiger charge is 2.27. The first-order valence-corrected chi connectivity index (χ1v) is 12.7. The van der Waals surface area contributed by atoms with Crippen molar-refractivity contribution in [1.29, 1.82) is 0 Å². The van der Waals surface area contributed by atoms with E-state index in [1.165, 1.54) is 4.90 Å². The molecule has 0 spiro atoms. The fourth-order valence-corrected chi connectivity index (χ4v) is 4.48. The molecule has 0 aromatic carbocycles. The van der Waals surface area contributed by atoms with Crippen molar-refractivity contribution in [3.63, 3.8) is 0 Å². The van der Waals surface area contributed by atoms with Gasteiger partial charge in [-0.2, -0.15) is 0 Å². The van der Waals surface area contributed by atoms with Gasteiger partial charge in [0, 0.05) is 30.6 Å². The van der Waals surface area contributed by atoms with E-state index in [4.69, 9.17) is 9.37 Å². The van der Waals surface area contributed by atoms with Crippen molar-refractivity contribution < 1.29 is 19.1 Å². The summed E-state index contributed by atoms with van der Waals surface area (Å²) in [6.07, 6.45) is 5.19. The summed E-state index contributed by atoms with van der Waals surface area (Å²) in [4.78, 5) is 32.5. The lowest BCUT2D eigenvalue weighted by Crippen LogP contribution is -2.46. The van der Waals surface area contributed by atoms with Crippen molar-refractivity contribution in [2.75, 3.05) is 42.7 Å². The van der Waals surface area contributed by atoms with Gasteiger partial charge in [-0.15, -0.1) is 0 Å². The summed E-state index contributed by atoms with van der Waals surface area (Å²) in [6, 6.07) is 3.25. The number of nitro groups is 1. The standard InChI is InChI=1S/C24H35N7O5/c1-16(2)12-19(13-30(15-31(33)34)22-17(3)27-36-28-22)25-23(32)20-8-9-21(29-10-4-5-11-29)24(26-20)35-14-18-6-7-18/h8-9,16,18-19H,4-7,10-15H2,1-3H3,(H,25,32)/t19-/m0/s1. The Bertz CT molecular complexity index is 1050. The molecule has 36 heavy (non-hydrogen) atoms. The molecular formula is C24H35N7O5. The molecule has 1 aliphatic carbocycles. The van der Waals surface area contributed by atoms with E-state index in [1.54, 1.807) is 13.0 Å². The summed E-state index contributed by atoms with van der Waals surface area (Å²) >= 11 is 0. The second-order valence-corrected chi connectivity index (χ2v) is 10.1. The monoisotopic (exact) mass is 501 g/mol. The minimum absolute atomic E-state index is 0.177. The first-order chi connectivity index (χ1) is 17.3. The molecule has 1 saturated heterocycles. The fourth-order valence-electron chi connectivity index (χ4n) is 4.48. The summed E-state index contributed by atoms with van der Waals surface area (Å²) < 4.78 is 10.8. The van der Waals surface area contributed by atoms with Gasteiger partial charge in [0.15, 0.2) is 0 Å². The molecule has 4 rings (SSSR count). The van der Waals surface area contributed by atoms with Crippen LogP contribution in [0.5, 0.6) is 5.88 Å². The second kappa shape index (κ2) is 11.5. The zero-order chi connectivity index (χ0) is 25.7. The first kappa shape index (κ1) is 25.6. The second-order valence-electron chi connectivity index (χ2n) is 10.1. The molecule has 0 radical (unpaired) electrons. The predicted molar refractivity (Wildman–Crippen MR) is 133 cm³/mol. The molecule has 0 bridgehead atoms. The van der Waals surface area contributed by atoms with Gasteiger partial charge >= 0.3 is 0 Å². The molecule has 196 valence electrons. The third kappa shape index (κ3) is 6.82. The van der Waals surface area contributed by atoms with E-state index in [0.717, 1.165) is 44.5 Å². The molecule has 3 heterocycles. The number of carbonyl (C=O) groups excluding carboxylic acids is 1. The summed E-state index contributed by atoms with van der Waals surface area (Å²) in [5, 5.41) is 21.9. The maximum atomic E-state index is 13.3. The lowest BCUT2D eigenvalue weighted by molar-refractivity contribution is -0.479. The average molecular weight is 502 g/mol. The van der Waals surface area contributed by atoms with Crippen molar-refractivity contribution >= 4 is 17.4 Å². The number of pyridine rings is 1. The Morgan fingerprint density at radius 3 is 2.67 bits per heavy atom. The molecule has 1 aliphatic heterocycles. The summed E-state index contributed by atoms with van der Waals surface area (Å²) in [7, 11) is 0. The van der Waals surface area contributed by atoms with Crippen LogP contribution in [0.4, 0.5) is 11.5 Å². The van der Waals surface area contributed by atoms with Crippen LogP contribution in [-0.4, -0.2) is 65.1 Å². The van der Waals surface area contributed by atoms with E-state index >= 15 is 0 Å². The Morgan fingerprint density at radius 2 is 2.06 bits per heavy atom. The molecule has 2 aliphatic rings. The van der Waals surface area contributed by atoms with Gasteiger partial charge in [-0.25, -0.2) is 9.61 Å². The van der Waals surface area contributed by atoms with Gasteiger partial charge in [0.2, 0.25) is 11.7 Å². The van der Waals surface area contributed by atoms with E-state index in [2.05, 4.69) is 25.5 Å². The minimum Gasteiger partial charge on any atom is -0.476 e. The van der Waals surface area contributed by atoms with Crippen LogP contribution in [0.15, 0.2) is 16.8 Å².